The topological polar surface area (TPSA) is 95.1 Å². The van der Waals surface area contributed by atoms with Crippen molar-refractivity contribution in [1.82, 2.24) is 30.0 Å². The summed E-state index contributed by atoms with van der Waals surface area (Å²) in [5, 5.41) is 8.01. The van der Waals surface area contributed by atoms with Gasteiger partial charge in [0.15, 0.2) is 0 Å². The monoisotopic (exact) mass is 498 g/mol. The number of benzene rings is 2. The summed E-state index contributed by atoms with van der Waals surface area (Å²) in [7, 11) is 2.12. The normalized spacial score (nSPS) is 16.3. The molecular weight excluding hydrogens is 471 g/mol. The van der Waals surface area contributed by atoms with Crippen LogP contribution in [0.3, 0.4) is 0 Å². The molecule has 0 spiro atoms. The van der Waals surface area contributed by atoms with E-state index in [-0.39, 0.29) is 17.0 Å². The largest absolute Gasteiger partial charge is 0.328 e. The molecule has 188 valence electrons. The first kappa shape index (κ1) is 23.4. The molecule has 1 amide bonds. The number of fused-ring (bicyclic) bond motifs is 2. The summed E-state index contributed by atoms with van der Waals surface area (Å²) in [5.74, 6) is 0.229. The van der Waals surface area contributed by atoms with Crippen LogP contribution in [0.1, 0.15) is 57.5 Å². The Bertz CT molecular complexity index is 1560. The molecule has 4 aromatic rings. The van der Waals surface area contributed by atoms with E-state index in [1.807, 2.05) is 18.3 Å². The molecule has 37 heavy (non-hydrogen) atoms. The molecule has 1 saturated heterocycles. The van der Waals surface area contributed by atoms with Gasteiger partial charge in [-0.05, 0) is 56.7 Å². The van der Waals surface area contributed by atoms with Crippen molar-refractivity contribution in [1.29, 1.82) is 0 Å². The van der Waals surface area contributed by atoms with Gasteiger partial charge in [-0.3, -0.25) is 9.59 Å². The average Bonchev–Trinajstić information content (AvgIpc) is 3.35. The third-order valence-corrected chi connectivity index (χ3v) is 7.45. The molecule has 0 aliphatic carbocycles. The first-order valence-electron chi connectivity index (χ1n) is 12.5. The highest BCUT2D eigenvalue weighted by molar-refractivity contribution is 5.95. The molecule has 0 atom stereocenters. The van der Waals surface area contributed by atoms with Crippen LogP contribution in [0.15, 0.2) is 53.5 Å². The van der Waals surface area contributed by atoms with E-state index >= 15 is 0 Å². The SMILES string of the molecule is CN1CCC(c2ncc3c(n2)CN(C(=O)c2cc(Cc4n[nH]c(=O)c5ccccc45)ccc2F)C3)CC1. The van der Waals surface area contributed by atoms with Crippen molar-refractivity contribution in [3.8, 4) is 0 Å². The van der Waals surface area contributed by atoms with Gasteiger partial charge in [-0.1, -0.05) is 24.3 Å². The Kier molecular flexibility index (Phi) is 6.00. The Morgan fingerprint density at radius 3 is 2.70 bits per heavy atom. The fourth-order valence-electron chi connectivity index (χ4n) is 5.29. The minimum Gasteiger partial charge on any atom is -0.328 e. The van der Waals surface area contributed by atoms with Crippen molar-refractivity contribution in [3.05, 3.63) is 98.7 Å². The highest BCUT2D eigenvalue weighted by atomic mass is 19.1. The van der Waals surface area contributed by atoms with Gasteiger partial charge in [-0.15, -0.1) is 0 Å². The molecule has 9 heteroatoms. The number of aromatic amines is 1. The minimum absolute atomic E-state index is 0.0162. The van der Waals surface area contributed by atoms with Crippen molar-refractivity contribution in [2.45, 2.75) is 38.3 Å². The number of nitrogens with one attached hydrogen (secondary N) is 1. The number of carbonyl (C=O) groups excluding carboxylic acids is 1. The number of hydrogen-bond donors (Lipinski definition) is 1. The van der Waals surface area contributed by atoms with Crippen molar-refractivity contribution in [2.75, 3.05) is 20.1 Å². The summed E-state index contributed by atoms with van der Waals surface area (Å²) >= 11 is 0. The van der Waals surface area contributed by atoms with Crippen LogP contribution in [-0.4, -0.2) is 56.0 Å². The van der Waals surface area contributed by atoms with Crippen LogP contribution < -0.4 is 5.56 Å². The lowest BCUT2D eigenvalue weighted by molar-refractivity contribution is 0.0745. The Labute approximate surface area is 213 Å². The van der Waals surface area contributed by atoms with E-state index in [9.17, 15) is 14.0 Å². The standard InChI is InChI=1S/C28H27FN6O2/c1-34-10-8-18(9-11-34)26-30-14-19-15-35(16-25(19)31-26)28(37)22-12-17(6-7-23(22)29)13-24-20-4-2-3-5-21(20)27(36)33-32-24/h2-7,12,14,18H,8-11,13,15-16H2,1H3,(H,33,36). The highest BCUT2D eigenvalue weighted by Crippen LogP contribution is 2.29. The number of nitrogens with zero attached hydrogens (tertiary/aromatic N) is 5. The Balaban J connectivity index is 1.22. The molecule has 0 bridgehead atoms. The number of amides is 1. The highest BCUT2D eigenvalue weighted by Gasteiger charge is 2.29. The summed E-state index contributed by atoms with van der Waals surface area (Å²) in [6.07, 6.45) is 4.22. The maximum atomic E-state index is 14.8. The second-order valence-electron chi connectivity index (χ2n) is 9.97. The molecule has 1 N–H and O–H groups in total. The van der Waals surface area contributed by atoms with Crippen LogP contribution in [0.25, 0.3) is 10.8 Å². The third-order valence-electron chi connectivity index (χ3n) is 7.45. The zero-order valence-corrected chi connectivity index (χ0v) is 20.6. The second kappa shape index (κ2) is 9.48. The van der Waals surface area contributed by atoms with E-state index in [0.717, 1.165) is 54.0 Å². The van der Waals surface area contributed by atoms with Gasteiger partial charge in [-0.2, -0.15) is 5.10 Å². The molecule has 8 nitrogen and oxygen atoms in total. The van der Waals surface area contributed by atoms with Crippen LogP contribution in [0.2, 0.25) is 0 Å². The Morgan fingerprint density at radius 2 is 1.89 bits per heavy atom. The second-order valence-corrected chi connectivity index (χ2v) is 9.97. The lowest BCUT2D eigenvalue weighted by Crippen LogP contribution is -2.30. The number of H-pyrrole nitrogens is 1. The molecule has 2 aliphatic rings. The summed E-state index contributed by atoms with van der Waals surface area (Å²) in [4.78, 5) is 38.8. The van der Waals surface area contributed by atoms with Crippen LogP contribution in [0, 0.1) is 5.82 Å². The van der Waals surface area contributed by atoms with E-state index in [1.54, 1.807) is 29.2 Å². The van der Waals surface area contributed by atoms with Gasteiger partial charge in [0.1, 0.15) is 11.6 Å². The Morgan fingerprint density at radius 1 is 1.11 bits per heavy atom. The number of rotatable bonds is 4. The van der Waals surface area contributed by atoms with Crippen molar-refractivity contribution < 1.29 is 9.18 Å². The number of carbonyl (C=O) groups is 1. The van der Waals surface area contributed by atoms with Crippen molar-refractivity contribution in [3.63, 3.8) is 0 Å². The van der Waals surface area contributed by atoms with Gasteiger partial charge >= 0.3 is 0 Å². The van der Waals surface area contributed by atoms with Gasteiger partial charge < -0.3 is 9.80 Å². The maximum Gasteiger partial charge on any atom is 0.272 e. The minimum atomic E-state index is -0.568. The Hall–Kier alpha value is -3.98. The number of aromatic nitrogens is 4. The maximum absolute atomic E-state index is 14.8. The molecule has 2 aromatic carbocycles. The molecule has 6 rings (SSSR count). The van der Waals surface area contributed by atoms with Crippen LogP contribution in [0.5, 0.6) is 0 Å². The van der Waals surface area contributed by atoms with E-state index in [2.05, 4.69) is 27.1 Å². The zero-order chi connectivity index (χ0) is 25.5. The van der Waals surface area contributed by atoms with E-state index < -0.39 is 5.82 Å². The van der Waals surface area contributed by atoms with Gasteiger partial charge in [0.05, 0.1) is 28.9 Å². The van der Waals surface area contributed by atoms with Crippen molar-refractivity contribution in [2.24, 2.45) is 0 Å². The van der Waals surface area contributed by atoms with Gasteiger partial charge in [0, 0.05) is 36.0 Å². The molecule has 0 radical (unpaired) electrons. The average molecular weight is 499 g/mol. The van der Waals surface area contributed by atoms with Gasteiger partial charge in [0.25, 0.3) is 11.5 Å². The third kappa shape index (κ3) is 4.51. The quantitative estimate of drug-likeness (QED) is 0.463. The van der Waals surface area contributed by atoms with Crippen LogP contribution >= 0.6 is 0 Å². The fourth-order valence-corrected chi connectivity index (χ4v) is 5.29. The van der Waals surface area contributed by atoms with Gasteiger partial charge in [-0.25, -0.2) is 19.5 Å². The van der Waals surface area contributed by atoms with Gasteiger partial charge in [0.2, 0.25) is 0 Å². The number of halogens is 1. The fraction of sp³-hybridized carbons (Fsp3) is 0.321. The zero-order valence-electron chi connectivity index (χ0n) is 20.6. The lowest BCUT2D eigenvalue weighted by Gasteiger charge is -2.28. The molecule has 2 aliphatic heterocycles. The number of piperidine rings is 1. The van der Waals surface area contributed by atoms with E-state index in [1.165, 1.54) is 6.07 Å². The van der Waals surface area contributed by atoms with Crippen LogP contribution in [-0.2, 0) is 19.5 Å². The molecule has 1 fully saturated rings. The predicted octanol–water partition coefficient (Wildman–Crippen LogP) is 3.41. The number of likely N-dealkylation sites (tertiary alicyclic amines) is 1. The lowest BCUT2D eigenvalue weighted by atomic mass is 9.96. The molecule has 0 unspecified atom stereocenters. The summed E-state index contributed by atoms with van der Waals surface area (Å²) in [5.41, 5.74) is 2.90. The summed E-state index contributed by atoms with van der Waals surface area (Å²) in [6, 6.07) is 11.8. The smallest absolute Gasteiger partial charge is 0.272 e. The summed E-state index contributed by atoms with van der Waals surface area (Å²) < 4.78 is 14.8. The predicted molar refractivity (Wildman–Crippen MR) is 137 cm³/mol. The number of hydrogen-bond acceptors (Lipinski definition) is 6. The first-order valence-corrected chi connectivity index (χ1v) is 12.5. The van der Waals surface area contributed by atoms with E-state index in [4.69, 9.17) is 4.98 Å². The summed E-state index contributed by atoms with van der Waals surface area (Å²) in [6.45, 7) is 2.75. The molecule has 0 saturated carbocycles. The van der Waals surface area contributed by atoms with Crippen molar-refractivity contribution >= 4 is 16.7 Å². The molecular formula is C28H27FN6O2. The van der Waals surface area contributed by atoms with E-state index in [0.29, 0.717) is 36.5 Å². The first-order chi connectivity index (χ1) is 18.0. The van der Waals surface area contributed by atoms with Crippen LogP contribution in [0.4, 0.5) is 4.39 Å². The molecule has 4 heterocycles. The molecule has 2 aromatic heterocycles.